The van der Waals surface area contributed by atoms with Gasteiger partial charge in [0.25, 0.3) is 0 Å². The number of carbonyl (C=O) groups excluding carboxylic acids is 10. The van der Waals surface area contributed by atoms with Crippen LogP contribution in [-0.2, 0) is 89.4 Å². The van der Waals surface area contributed by atoms with Crippen LogP contribution in [0.1, 0.15) is 176 Å². The van der Waals surface area contributed by atoms with Crippen molar-refractivity contribution in [3.05, 3.63) is 154 Å². The molecule has 0 bridgehead atoms. The minimum Gasteiger partial charge on any atom is -0.481 e. The number of fused-ring (bicyclic) bond motifs is 8. The van der Waals surface area contributed by atoms with Crippen LogP contribution in [0.2, 0.25) is 0 Å². The number of nitrogens with zero attached hydrogens (tertiary/aromatic N) is 1. The SMILES string of the molecule is CC(C)[C@H](NC(=O)CCOCCNC(=O)CCC(=O)N1Cc2ccccc2C#Cc2ccccc21)C(=O)N[C@@H](CCCNC(N)=O)C(=O)Nc1ccc(COC(=O)N[C@@H](CC(=O)O)C(=O)Nc2ccc3c(c2)[C@@]2(C)CCC[C@](C)(C(=O)NC(=O)[C@@]4(C)CCC[C@]5(C)c6cc(N)ccc6CC[C@@H]45)[C@@H]2CC3)cc1. The van der Waals surface area contributed by atoms with Crippen molar-refractivity contribution in [1.29, 1.82) is 0 Å². The van der Waals surface area contributed by atoms with Crippen molar-refractivity contribution < 1.29 is 67.3 Å². The minimum atomic E-state index is -1.56. The molecule has 5 aromatic carbocycles. The van der Waals surface area contributed by atoms with E-state index in [1.807, 2.05) is 80.6 Å². The molecule has 11 amide bonds. The Morgan fingerprint density at radius 2 is 1.22 bits per heavy atom. The highest BCUT2D eigenvalue weighted by Crippen LogP contribution is 2.60. The number of hydrogen-bond acceptors (Lipinski definition) is 14. The summed E-state index contributed by atoms with van der Waals surface area (Å²) >= 11 is 0. The van der Waals surface area contributed by atoms with Gasteiger partial charge in [0.2, 0.25) is 47.3 Å². The number of alkyl carbamates (subject to hydrolysis) is 1. The highest BCUT2D eigenvalue weighted by Gasteiger charge is 2.59. The molecular weight excluding hydrogens is 1350 g/mol. The molecule has 2 fully saturated rings. The number of carbonyl (C=O) groups is 11. The normalized spacial score (nSPS) is 21.8. The first-order valence-electron chi connectivity index (χ1n) is 36.8. The summed E-state index contributed by atoms with van der Waals surface area (Å²) in [5, 5.41) is 31.5. The van der Waals surface area contributed by atoms with Crippen LogP contribution >= 0.6 is 0 Å². The topological polar surface area (TPSA) is 378 Å². The van der Waals surface area contributed by atoms with Crippen LogP contribution in [0.25, 0.3) is 0 Å². The highest BCUT2D eigenvalue weighted by molar-refractivity contribution is 6.02. The van der Waals surface area contributed by atoms with Gasteiger partial charge in [-0.25, -0.2) is 9.59 Å². The van der Waals surface area contributed by atoms with Crippen molar-refractivity contribution in [3.8, 4) is 11.8 Å². The third-order valence-electron chi connectivity index (χ3n) is 22.5. The summed E-state index contributed by atoms with van der Waals surface area (Å²) < 4.78 is 11.1. The number of carboxylic acid groups (broad SMARTS) is 1. The van der Waals surface area contributed by atoms with E-state index in [0.29, 0.717) is 72.5 Å². The fraction of sp³-hybridized carbons (Fsp3) is 0.469. The van der Waals surface area contributed by atoms with Crippen molar-refractivity contribution in [2.24, 2.45) is 34.3 Å². The maximum absolute atomic E-state index is 14.8. The number of rotatable bonds is 28. The number of aliphatic carboxylic acids is 1. The van der Waals surface area contributed by atoms with E-state index in [2.05, 4.69) is 80.4 Å². The molecule has 5 aliphatic rings. The first kappa shape index (κ1) is 78.0. The minimum absolute atomic E-state index is 0.0173. The molecule has 4 aliphatic carbocycles. The zero-order valence-corrected chi connectivity index (χ0v) is 61.3. The van der Waals surface area contributed by atoms with Gasteiger partial charge in [0.15, 0.2) is 0 Å². The summed E-state index contributed by atoms with van der Waals surface area (Å²) in [5.74, 6) is 0.739. The summed E-state index contributed by atoms with van der Waals surface area (Å²) in [4.78, 5) is 150. The van der Waals surface area contributed by atoms with Crippen LogP contribution < -0.4 is 58.9 Å². The largest absolute Gasteiger partial charge is 0.481 e. The highest BCUT2D eigenvalue weighted by atomic mass is 16.5. The van der Waals surface area contributed by atoms with Gasteiger partial charge < -0.3 is 68.2 Å². The molecule has 0 radical (unpaired) electrons. The van der Waals surface area contributed by atoms with Gasteiger partial charge >= 0.3 is 18.1 Å². The third kappa shape index (κ3) is 18.4. The van der Waals surface area contributed by atoms with Gasteiger partial charge in [-0.2, -0.15) is 0 Å². The number of ether oxygens (including phenoxy) is 2. The summed E-state index contributed by atoms with van der Waals surface area (Å²) in [6, 6.07) is 28.2. The van der Waals surface area contributed by atoms with Crippen LogP contribution in [0.3, 0.4) is 0 Å². The smallest absolute Gasteiger partial charge is 0.408 e. The molecule has 9 atom stereocenters. The molecule has 13 N–H and O–H groups in total. The van der Waals surface area contributed by atoms with E-state index >= 15 is 0 Å². The van der Waals surface area contributed by atoms with Crippen molar-refractivity contribution in [3.63, 3.8) is 0 Å². The summed E-state index contributed by atoms with van der Waals surface area (Å²) in [6.07, 6.45) is 5.71. The zero-order valence-electron chi connectivity index (χ0n) is 61.3. The lowest BCUT2D eigenvalue weighted by atomic mass is 9.49. The average Bonchev–Trinajstić information content (AvgIpc) is 0.725. The molecule has 2 saturated carbocycles. The van der Waals surface area contributed by atoms with E-state index in [-0.39, 0.29) is 106 Å². The number of nitrogens with two attached hydrogens (primary N) is 2. The van der Waals surface area contributed by atoms with Gasteiger partial charge in [-0.1, -0.05) is 121 Å². The second-order valence-electron chi connectivity index (χ2n) is 30.1. The van der Waals surface area contributed by atoms with Gasteiger partial charge in [-0.15, -0.1) is 0 Å². The summed E-state index contributed by atoms with van der Waals surface area (Å²) in [5.41, 5.74) is 18.5. The van der Waals surface area contributed by atoms with Crippen LogP contribution in [0.4, 0.5) is 32.3 Å². The second-order valence-corrected chi connectivity index (χ2v) is 30.1. The number of nitrogens with one attached hydrogen (secondary N) is 8. The van der Waals surface area contributed by atoms with Gasteiger partial charge in [-0.3, -0.25) is 48.5 Å². The Kier molecular flexibility index (Phi) is 25.1. The molecule has 10 rings (SSSR count). The Morgan fingerprint density at radius 3 is 1.88 bits per heavy atom. The molecule has 25 heteroatoms. The van der Waals surface area contributed by atoms with E-state index in [1.54, 1.807) is 36.9 Å². The monoisotopic (exact) mass is 1450 g/mol. The Bertz CT molecular complexity index is 4250. The van der Waals surface area contributed by atoms with E-state index < -0.39 is 88.4 Å². The summed E-state index contributed by atoms with van der Waals surface area (Å²) in [6.45, 7) is 12.0. The van der Waals surface area contributed by atoms with Crippen LogP contribution in [0.15, 0.2) is 109 Å². The predicted molar refractivity (Wildman–Crippen MR) is 399 cm³/mol. The number of aryl methyl sites for hydroxylation is 2. The van der Waals surface area contributed by atoms with E-state index in [4.69, 9.17) is 20.9 Å². The number of anilines is 4. The molecule has 5 aromatic rings. The standard InChI is InChI=1S/C81H99N11O14/c1-49(2)70(90-67(94)35-42-105-43-41-84-66(93)33-34-68(95)92-47-55-16-8-7-14-51(55)21-22-54-15-9-10-18-63(54)92)73(100)88-61(17-11-40-85-76(83)103)71(98)86-57-28-19-50(20-29-57)48-106-77(104)89-62(46-69(96)97)72(99)87-58-30-24-53-26-32-65-79(4,60(53)45-58)37-13-39-81(65,6)75(102)91-74(101)80(5)38-12-36-78(3)59-44-56(82)27-23-52(59)25-31-64(78)80/h7-10,14-16,18-20,23-24,27-30,44-45,49,61-62,64-65,70H,11-13,17,25-26,31-43,46-48,82H2,1-6H3,(H,84,93)(H,86,98)(H,87,99)(H,88,100)(H,89,104)(H,90,94)(H,96,97)(H3,83,85,103)(H,91,101,102)/t61-,62-,64+,65+,70-,78+,79+,80-,81-/m0/s1. The van der Waals surface area contributed by atoms with Crippen molar-refractivity contribution >= 4 is 88.1 Å². The molecular formula is C81H99N11O14. The van der Waals surface area contributed by atoms with E-state index in [1.165, 1.54) is 23.3 Å². The number of carboxylic acids is 1. The fourth-order valence-electron chi connectivity index (χ4n) is 16.8. The zero-order chi connectivity index (χ0) is 76.1. The molecule has 0 spiro atoms. The average molecular weight is 1450 g/mol. The number of nitrogen functional groups attached to an aromatic ring is 1. The Morgan fingerprint density at radius 1 is 0.613 bits per heavy atom. The number of benzene rings is 5. The van der Waals surface area contributed by atoms with Gasteiger partial charge in [-0.05, 0) is 181 Å². The Labute approximate surface area is 618 Å². The second kappa shape index (κ2) is 34.1. The molecule has 0 unspecified atom stereocenters. The predicted octanol–water partition coefficient (Wildman–Crippen LogP) is 8.60. The molecule has 1 aliphatic heterocycles. The lowest BCUT2D eigenvalue weighted by Gasteiger charge is -2.56. The van der Waals surface area contributed by atoms with Crippen LogP contribution in [0, 0.1) is 40.4 Å². The Balaban J connectivity index is 0.673. The molecule has 0 saturated heterocycles. The fourth-order valence-corrected chi connectivity index (χ4v) is 16.8. The number of para-hydroxylation sites is 1. The van der Waals surface area contributed by atoms with E-state index in [9.17, 15) is 57.8 Å². The van der Waals surface area contributed by atoms with Crippen LogP contribution in [0.5, 0.6) is 0 Å². The first-order chi connectivity index (χ1) is 50.6. The third-order valence-corrected chi connectivity index (χ3v) is 22.5. The van der Waals surface area contributed by atoms with Gasteiger partial charge in [0, 0.05) is 60.5 Å². The molecule has 1 heterocycles. The van der Waals surface area contributed by atoms with Gasteiger partial charge in [0.05, 0.1) is 42.7 Å². The Hall–Kier alpha value is -10.6. The maximum Gasteiger partial charge on any atom is 0.408 e. The van der Waals surface area contributed by atoms with Crippen LogP contribution in [-0.4, -0.2) is 115 Å². The molecule has 25 nitrogen and oxygen atoms in total. The lowest BCUT2D eigenvalue weighted by Crippen LogP contribution is -2.60. The molecule has 0 aromatic heterocycles. The number of primary amides is 1. The van der Waals surface area contributed by atoms with Crippen molar-refractivity contribution in [2.75, 3.05) is 47.6 Å². The molecule has 106 heavy (non-hydrogen) atoms. The quantitative estimate of drug-likeness (QED) is 0.00966. The number of amides is 11. The first-order valence-corrected chi connectivity index (χ1v) is 36.8. The molecule has 562 valence electrons. The van der Waals surface area contributed by atoms with E-state index in [0.717, 1.165) is 54.4 Å². The maximum atomic E-state index is 14.8. The summed E-state index contributed by atoms with van der Waals surface area (Å²) in [7, 11) is 0. The van der Waals surface area contributed by atoms with Crippen molar-refractivity contribution in [1.82, 2.24) is 31.9 Å². The number of hydrogen-bond donors (Lipinski definition) is 11. The lowest BCUT2D eigenvalue weighted by molar-refractivity contribution is -0.150. The number of urea groups is 1. The number of imide groups is 1. The van der Waals surface area contributed by atoms with Gasteiger partial charge in [0.1, 0.15) is 24.7 Å². The van der Waals surface area contributed by atoms with Crippen molar-refractivity contribution in [2.45, 2.75) is 186 Å².